The Hall–Kier alpha value is -2.60. The molecule has 110 valence electrons. The quantitative estimate of drug-likeness (QED) is 0.713. The van der Waals surface area contributed by atoms with E-state index < -0.39 is 0 Å². The van der Waals surface area contributed by atoms with Gasteiger partial charge in [-0.2, -0.15) is 5.26 Å². The molecule has 0 amide bonds. The first-order chi connectivity index (χ1) is 10.8. The van der Waals surface area contributed by atoms with Crippen molar-refractivity contribution in [3.63, 3.8) is 0 Å². The van der Waals surface area contributed by atoms with Crippen molar-refractivity contribution < 1.29 is 0 Å². The predicted octanol–water partition coefficient (Wildman–Crippen LogP) is 3.98. The fraction of sp³-hybridized carbons (Fsp3) is 0.263. The van der Waals surface area contributed by atoms with E-state index in [9.17, 15) is 0 Å². The fourth-order valence-electron chi connectivity index (χ4n) is 2.74. The van der Waals surface area contributed by atoms with Gasteiger partial charge in [0.25, 0.3) is 0 Å². The lowest BCUT2D eigenvalue weighted by atomic mass is 10.1. The monoisotopic (exact) mass is 289 g/mol. The summed E-state index contributed by atoms with van der Waals surface area (Å²) in [5, 5.41) is 9.12. The van der Waals surface area contributed by atoms with E-state index in [1.807, 2.05) is 31.2 Å². The molecule has 1 atom stereocenters. The maximum atomic E-state index is 9.12. The van der Waals surface area contributed by atoms with Crippen molar-refractivity contribution in [3.05, 3.63) is 66.0 Å². The predicted molar refractivity (Wildman–Crippen MR) is 88.4 cm³/mol. The van der Waals surface area contributed by atoms with Gasteiger partial charge in [-0.05, 0) is 31.0 Å². The first-order valence-electron chi connectivity index (χ1n) is 7.65. The van der Waals surface area contributed by atoms with E-state index in [2.05, 4.69) is 41.0 Å². The Labute approximate surface area is 130 Å². The minimum absolute atomic E-state index is 0.0203. The summed E-state index contributed by atoms with van der Waals surface area (Å²) in [6.07, 6.45) is 1.85. The summed E-state index contributed by atoms with van der Waals surface area (Å²) >= 11 is 0. The SMILES string of the molecule is CC(C#N)Cn1c(CCc2ccccc2)nc2ccccc21. The molecule has 1 unspecified atom stereocenters. The number of hydrogen-bond donors (Lipinski definition) is 0. The number of nitrogens with zero attached hydrogens (tertiary/aromatic N) is 3. The van der Waals surface area contributed by atoms with E-state index in [1.165, 1.54) is 5.56 Å². The molecule has 0 radical (unpaired) electrons. The second-order valence-electron chi connectivity index (χ2n) is 5.64. The first kappa shape index (κ1) is 14.3. The van der Waals surface area contributed by atoms with Crippen molar-refractivity contribution in [2.24, 2.45) is 5.92 Å². The maximum absolute atomic E-state index is 9.12. The van der Waals surface area contributed by atoms with Crippen LogP contribution in [0.4, 0.5) is 0 Å². The number of rotatable bonds is 5. The van der Waals surface area contributed by atoms with Gasteiger partial charge in [-0.25, -0.2) is 4.98 Å². The van der Waals surface area contributed by atoms with Crippen LogP contribution >= 0.6 is 0 Å². The average Bonchev–Trinajstić information content (AvgIpc) is 2.91. The van der Waals surface area contributed by atoms with Gasteiger partial charge in [-0.15, -0.1) is 0 Å². The molecule has 0 aliphatic carbocycles. The third-order valence-electron chi connectivity index (χ3n) is 3.89. The lowest BCUT2D eigenvalue weighted by molar-refractivity contribution is 0.568. The molecule has 0 spiro atoms. The zero-order chi connectivity index (χ0) is 15.4. The van der Waals surface area contributed by atoms with E-state index in [0.717, 1.165) is 29.7 Å². The van der Waals surface area contributed by atoms with E-state index >= 15 is 0 Å². The molecule has 0 saturated carbocycles. The number of aryl methyl sites for hydroxylation is 2. The zero-order valence-corrected chi connectivity index (χ0v) is 12.7. The molecule has 0 saturated heterocycles. The van der Waals surface area contributed by atoms with Gasteiger partial charge in [0, 0.05) is 13.0 Å². The number of aromatic nitrogens is 2. The average molecular weight is 289 g/mol. The highest BCUT2D eigenvalue weighted by atomic mass is 15.1. The lowest BCUT2D eigenvalue weighted by Gasteiger charge is -2.10. The van der Waals surface area contributed by atoms with Crippen LogP contribution in [0.5, 0.6) is 0 Å². The molecular formula is C19H19N3. The number of nitriles is 1. The number of para-hydroxylation sites is 2. The van der Waals surface area contributed by atoms with Crippen molar-refractivity contribution in [1.82, 2.24) is 9.55 Å². The van der Waals surface area contributed by atoms with Gasteiger partial charge in [0.2, 0.25) is 0 Å². The number of hydrogen-bond acceptors (Lipinski definition) is 2. The minimum atomic E-state index is -0.0203. The topological polar surface area (TPSA) is 41.6 Å². The Kier molecular flexibility index (Phi) is 4.20. The van der Waals surface area contributed by atoms with Crippen molar-refractivity contribution in [2.75, 3.05) is 0 Å². The highest BCUT2D eigenvalue weighted by Crippen LogP contribution is 2.19. The molecule has 0 N–H and O–H groups in total. The normalized spacial score (nSPS) is 12.2. The van der Waals surface area contributed by atoms with Gasteiger partial charge in [0.15, 0.2) is 0 Å². The Bertz CT molecular complexity index is 796. The summed E-state index contributed by atoms with van der Waals surface area (Å²) in [5.74, 6) is 1.04. The Balaban J connectivity index is 1.90. The van der Waals surface area contributed by atoms with E-state index in [4.69, 9.17) is 10.2 Å². The number of fused-ring (bicyclic) bond motifs is 1. The number of imidazole rings is 1. The van der Waals surface area contributed by atoms with Gasteiger partial charge >= 0.3 is 0 Å². The third-order valence-corrected chi connectivity index (χ3v) is 3.89. The largest absolute Gasteiger partial charge is 0.327 e. The Morgan fingerprint density at radius 2 is 1.77 bits per heavy atom. The Morgan fingerprint density at radius 3 is 2.55 bits per heavy atom. The summed E-state index contributed by atoms with van der Waals surface area (Å²) < 4.78 is 2.20. The van der Waals surface area contributed by atoms with Gasteiger partial charge in [-0.1, -0.05) is 42.5 Å². The number of benzene rings is 2. The lowest BCUT2D eigenvalue weighted by Crippen LogP contribution is -2.10. The highest BCUT2D eigenvalue weighted by molar-refractivity contribution is 5.75. The maximum Gasteiger partial charge on any atom is 0.110 e. The molecule has 0 bridgehead atoms. The summed E-state index contributed by atoms with van der Waals surface area (Å²) in [4.78, 5) is 4.77. The van der Waals surface area contributed by atoms with Crippen LogP contribution in [-0.4, -0.2) is 9.55 Å². The van der Waals surface area contributed by atoms with Crippen molar-refractivity contribution in [2.45, 2.75) is 26.3 Å². The minimum Gasteiger partial charge on any atom is -0.327 e. The molecule has 3 aromatic rings. The molecule has 1 heterocycles. The van der Waals surface area contributed by atoms with Crippen LogP contribution in [0.2, 0.25) is 0 Å². The van der Waals surface area contributed by atoms with E-state index in [1.54, 1.807) is 0 Å². The van der Waals surface area contributed by atoms with Gasteiger partial charge < -0.3 is 4.57 Å². The standard InChI is InChI=1S/C19H19N3/c1-15(13-20)14-22-18-10-6-5-9-17(18)21-19(22)12-11-16-7-3-2-4-8-16/h2-10,15H,11-12,14H2,1H3. The summed E-state index contributed by atoms with van der Waals surface area (Å²) in [6, 6.07) is 20.9. The smallest absolute Gasteiger partial charge is 0.110 e. The molecule has 3 heteroatoms. The summed E-state index contributed by atoms with van der Waals surface area (Å²) in [5.41, 5.74) is 3.44. The first-order valence-corrected chi connectivity index (χ1v) is 7.65. The Morgan fingerprint density at radius 1 is 1.05 bits per heavy atom. The van der Waals surface area contributed by atoms with Gasteiger partial charge in [0.05, 0.1) is 23.0 Å². The molecule has 22 heavy (non-hydrogen) atoms. The summed E-state index contributed by atoms with van der Waals surface area (Å²) in [7, 11) is 0. The molecule has 3 rings (SSSR count). The van der Waals surface area contributed by atoms with Crippen LogP contribution in [0.3, 0.4) is 0 Å². The molecular weight excluding hydrogens is 270 g/mol. The molecule has 0 aliphatic rings. The van der Waals surface area contributed by atoms with Gasteiger partial charge in [-0.3, -0.25) is 0 Å². The van der Waals surface area contributed by atoms with E-state index in [0.29, 0.717) is 6.54 Å². The molecule has 0 fully saturated rings. The van der Waals surface area contributed by atoms with Crippen molar-refractivity contribution in [1.29, 1.82) is 5.26 Å². The second kappa shape index (κ2) is 6.44. The van der Waals surface area contributed by atoms with Crippen molar-refractivity contribution >= 4 is 11.0 Å². The van der Waals surface area contributed by atoms with Crippen LogP contribution in [0.15, 0.2) is 54.6 Å². The molecule has 2 aromatic carbocycles. The van der Waals surface area contributed by atoms with E-state index in [-0.39, 0.29) is 5.92 Å². The summed E-state index contributed by atoms with van der Waals surface area (Å²) in [6.45, 7) is 2.65. The van der Waals surface area contributed by atoms with Crippen LogP contribution in [0, 0.1) is 17.2 Å². The van der Waals surface area contributed by atoms with Crippen LogP contribution in [0.1, 0.15) is 18.3 Å². The zero-order valence-electron chi connectivity index (χ0n) is 12.7. The fourth-order valence-corrected chi connectivity index (χ4v) is 2.74. The van der Waals surface area contributed by atoms with Crippen molar-refractivity contribution in [3.8, 4) is 6.07 Å². The molecule has 0 aliphatic heterocycles. The molecule has 3 nitrogen and oxygen atoms in total. The second-order valence-corrected chi connectivity index (χ2v) is 5.64. The van der Waals surface area contributed by atoms with Crippen LogP contribution in [0.25, 0.3) is 11.0 Å². The molecule has 1 aromatic heterocycles. The third kappa shape index (κ3) is 3.01. The van der Waals surface area contributed by atoms with Crippen LogP contribution in [-0.2, 0) is 19.4 Å². The van der Waals surface area contributed by atoms with Crippen LogP contribution < -0.4 is 0 Å². The van der Waals surface area contributed by atoms with Gasteiger partial charge in [0.1, 0.15) is 5.82 Å². The highest BCUT2D eigenvalue weighted by Gasteiger charge is 2.12.